The normalized spacial score (nSPS) is 27.8. The van der Waals surface area contributed by atoms with Gasteiger partial charge in [0, 0.05) is 12.1 Å². The van der Waals surface area contributed by atoms with Crippen LogP contribution in [0.2, 0.25) is 0 Å². The monoisotopic (exact) mass is 219 g/mol. The summed E-state index contributed by atoms with van der Waals surface area (Å²) in [6.45, 7) is 7.63. The van der Waals surface area contributed by atoms with E-state index in [0.717, 1.165) is 6.21 Å². The zero-order valence-corrected chi connectivity index (χ0v) is 9.39. The molecule has 0 amide bonds. The number of rotatable bonds is 0. The number of aliphatic imine (C=N–C) groups is 1. The molecule has 0 aliphatic carbocycles. The number of nitrogens with zero attached hydrogens (tertiary/aromatic N) is 1. The van der Waals surface area contributed by atoms with Gasteiger partial charge in [-0.2, -0.15) is 13.2 Å². The highest BCUT2D eigenvalue weighted by atomic mass is 19.4. The maximum atomic E-state index is 12.5. The summed E-state index contributed by atoms with van der Waals surface area (Å²) >= 11 is 0. The molecular formula is C11H16F3N. The van der Waals surface area contributed by atoms with Crippen LogP contribution in [-0.4, -0.2) is 18.4 Å². The van der Waals surface area contributed by atoms with Gasteiger partial charge in [0.25, 0.3) is 0 Å². The van der Waals surface area contributed by atoms with Crippen LogP contribution >= 0.6 is 0 Å². The van der Waals surface area contributed by atoms with Gasteiger partial charge < -0.3 is 0 Å². The first-order chi connectivity index (χ1) is 6.62. The Bertz CT molecular complexity index is 294. The van der Waals surface area contributed by atoms with Crippen molar-refractivity contribution in [1.29, 1.82) is 0 Å². The molecular weight excluding hydrogens is 203 g/mol. The van der Waals surface area contributed by atoms with Crippen molar-refractivity contribution in [3.63, 3.8) is 0 Å². The second kappa shape index (κ2) is 3.65. The number of alkyl halides is 3. The topological polar surface area (TPSA) is 12.4 Å². The molecule has 0 radical (unpaired) electrons. The molecule has 2 atom stereocenters. The maximum absolute atomic E-state index is 12.5. The van der Waals surface area contributed by atoms with E-state index >= 15 is 0 Å². The van der Waals surface area contributed by atoms with Gasteiger partial charge in [0.2, 0.25) is 0 Å². The zero-order valence-electron chi connectivity index (χ0n) is 9.39. The number of halogens is 3. The van der Waals surface area contributed by atoms with Crippen LogP contribution in [0, 0.1) is 11.3 Å². The van der Waals surface area contributed by atoms with Crippen LogP contribution in [0.3, 0.4) is 0 Å². The van der Waals surface area contributed by atoms with E-state index in [1.54, 1.807) is 0 Å². The zero-order chi connectivity index (χ0) is 11.9. The highest BCUT2D eigenvalue weighted by molar-refractivity contribution is 5.81. The van der Waals surface area contributed by atoms with Gasteiger partial charge in [-0.3, -0.25) is 4.99 Å². The fourth-order valence-electron chi connectivity index (χ4n) is 1.81. The maximum Gasteiger partial charge on any atom is 0.417 e. The molecule has 4 heteroatoms. The lowest BCUT2D eigenvalue weighted by Crippen LogP contribution is -2.32. The van der Waals surface area contributed by atoms with Crippen LogP contribution in [0.1, 0.15) is 27.7 Å². The molecule has 0 saturated heterocycles. The van der Waals surface area contributed by atoms with Gasteiger partial charge in [-0.25, -0.2) is 0 Å². The summed E-state index contributed by atoms with van der Waals surface area (Å²) < 4.78 is 37.4. The molecule has 1 rings (SSSR count). The predicted molar refractivity (Wildman–Crippen MR) is 55.0 cm³/mol. The Kier molecular flexibility index (Phi) is 2.99. The van der Waals surface area contributed by atoms with E-state index in [9.17, 15) is 13.2 Å². The van der Waals surface area contributed by atoms with E-state index in [1.165, 1.54) is 6.08 Å². The number of allylic oxidation sites excluding steroid dienone is 1. The van der Waals surface area contributed by atoms with Gasteiger partial charge >= 0.3 is 6.18 Å². The van der Waals surface area contributed by atoms with Gasteiger partial charge in [0.15, 0.2) is 0 Å². The van der Waals surface area contributed by atoms with Gasteiger partial charge in [0.05, 0.1) is 11.6 Å². The first-order valence-corrected chi connectivity index (χ1v) is 4.94. The highest BCUT2D eigenvalue weighted by Gasteiger charge is 2.38. The number of dihydropyridines is 1. The Morgan fingerprint density at radius 3 is 2.13 bits per heavy atom. The predicted octanol–water partition coefficient (Wildman–Crippen LogP) is 3.61. The molecule has 0 spiro atoms. The van der Waals surface area contributed by atoms with E-state index < -0.39 is 11.7 Å². The van der Waals surface area contributed by atoms with E-state index in [0.29, 0.717) is 0 Å². The molecule has 1 heterocycles. The Balaban J connectivity index is 3.01. The minimum absolute atomic E-state index is 0.0869. The third-order valence-corrected chi connectivity index (χ3v) is 2.65. The highest BCUT2D eigenvalue weighted by Crippen LogP contribution is 2.37. The summed E-state index contributed by atoms with van der Waals surface area (Å²) in [6, 6.07) is -0.0869. The minimum atomic E-state index is -4.28. The lowest BCUT2D eigenvalue weighted by Gasteiger charge is -2.34. The molecule has 0 bridgehead atoms. The summed E-state index contributed by atoms with van der Waals surface area (Å²) in [5.74, 6) is -0.167. The lowest BCUT2D eigenvalue weighted by molar-refractivity contribution is -0.0866. The van der Waals surface area contributed by atoms with Gasteiger partial charge in [0.1, 0.15) is 0 Å². The molecule has 15 heavy (non-hydrogen) atoms. The summed E-state index contributed by atoms with van der Waals surface area (Å²) in [6.07, 6.45) is -2.04. The molecule has 1 aliphatic heterocycles. The van der Waals surface area contributed by atoms with E-state index in [2.05, 4.69) is 4.99 Å². The molecule has 0 saturated carbocycles. The van der Waals surface area contributed by atoms with Crippen molar-refractivity contribution >= 4 is 6.21 Å². The SMILES string of the molecule is CC1N=CC(C(F)(F)F)=CC1C(C)(C)C. The Morgan fingerprint density at radius 2 is 1.73 bits per heavy atom. The second-order valence-corrected chi connectivity index (χ2v) is 5.03. The molecule has 0 fully saturated rings. The quantitative estimate of drug-likeness (QED) is 0.590. The number of hydrogen-bond donors (Lipinski definition) is 0. The van der Waals surface area contributed by atoms with Crippen LogP contribution in [0.5, 0.6) is 0 Å². The van der Waals surface area contributed by atoms with Crippen molar-refractivity contribution < 1.29 is 13.2 Å². The van der Waals surface area contributed by atoms with Crippen molar-refractivity contribution in [3.05, 3.63) is 11.6 Å². The Morgan fingerprint density at radius 1 is 1.20 bits per heavy atom. The fourth-order valence-corrected chi connectivity index (χ4v) is 1.81. The van der Waals surface area contributed by atoms with Crippen LogP contribution < -0.4 is 0 Å². The van der Waals surface area contributed by atoms with Crippen molar-refractivity contribution in [2.24, 2.45) is 16.3 Å². The minimum Gasteiger partial charge on any atom is -0.289 e. The molecule has 0 aromatic carbocycles. The van der Waals surface area contributed by atoms with E-state index in [-0.39, 0.29) is 17.4 Å². The standard InChI is InChI=1S/C11H16F3N/c1-7-9(10(2,3)4)5-8(6-15-7)11(12,13)14/h5-7,9H,1-4H3. The number of hydrogen-bond acceptors (Lipinski definition) is 1. The fraction of sp³-hybridized carbons (Fsp3) is 0.727. The first-order valence-electron chi connectivity index (χ1n) is 4.94. The third kappa shape index (κ3) is 2.83. The molecule has 2 unspecified atom stereocenters. The summed E-state index contributed by atoms with van der Waals surface area (Å²) in [7, 11) is 0. The summed E-state index contributed by atoms with van der Waals surface area (Å²) in [5.41, 5.74) is -0.825. The average Bonchev–Trinajstić information content (AvgIpc) is 2.00. The average molecular weight is 219 g/mol. The van der Waals surface area contributed by atoms with Crippen LogP contribution in [-0.2, 0) is 0 Å². The second-order valence-electron chi connectivity index (χ2n) is 5.03. The summed E-state index contributed by atoms with van der Waals surface area (Å²) in [5, 5.41) is 0. The van der Waals surface area contributed by atoms with Crippen LogP contribution in [0.4, 0.5) is 13.2 Å². The molecule has 86 valence electrons. The Hall–Kier alpha value is -0.800. The van der Waals surface area contributed by atoms with Crippen LogP contribution in [0.15, 0.2) is 16.6 Å². The van der Waals surface area contributed by atoms with Gasteiger partial charge in [-0.15, -0.1) is 0 Å². The van der Waals surface area contributed by atoms with Crippen molar-refractivity contribution in [3.8, 4) is 0 Å². The van der Waals surface area contributed by atoms with Gasteiger partial charge in [-0.05, 0) is 12.3 Å². The van der Waals surface area contributed by atoms with Gasteiger partial charge in [-0.1, -0.05) is 26.8 Å². The smallest absolute Gasteiger partial charge is 0.289 e. The summed E-state index contributed by atoms with van der Waals surface area (Å²) in [4.78, 5) is 3.91. The van der Waals surface area contributed by atoms with Crippen molar-refractivity contribution in [2.75, 3.05) is 0 Å². The molecule has 1 aliphatic rings. The third-order valence-electron chi connectivity index (χ3n) is 2.65. The Labute approximate surface area is 88.1 Å². The van der Waals surface area contributed by atoms with E-state index in [4.69, 9.17) is 0 Å². The molecule has 0 aromatic heterocycles. The van der Waals surface area contributed by atoms with Crippen molar-refractivity contribution in [2.45, 2.75) is 39.9 Å². The first kappa shape index (κ1) is 12.3. The van der Waals surface area contributed by atoms with E-state index in [1.807, 2.05) is 27.7 Å². The molecule has 1 nitrogen and oxygen atoms in total. The van der Waals surface area contributed by atoms with Crippen molar-refractivity contribution in [1.82, 2.24) is 0 Å². The molecule has 0 aromatic rings. The van der Waals surface area contributed by atoms with Crippen LogP contribution in [0.25, 0.3) is 0 Å². The molecule has 0 N–H and O–H groups in total. The largest absolute Gasteiger partial charge is 0.417 e. The lowest BCUT2D eigenvalue weighted by atomic mass is 9.75.